The van der Waals surface area contributed by atoms with E-state index in [-0.39, 0.29) is 16.2 Å². The zero-order chi connectivity index (χ0) is 24.4. The lowest BCUT2D eigenvalue weighted by molar-refractivity contribution is 0.393. The molecule has 0 aliphatic rings. The largest absolute Gasteiger partial charge is 0.496 e. The maximum absolute atomic E-state index is 13.7. The van der Waals surface area contributed by atoms with Gasteiger partial charge in [-0.3, -0.25) is 0 Å². The number of aromatic amines is 1. The highest BCUT2D eigenvalue weighted by atomic mass is 32.2. The molecule has 4 heterocycles. The van der Waals surface area contributed by atoms with Crippen LogP contribution in [0.2, 0.25) is 0 Å². The average Bonchev–Trinajstić information content (AvgIpc) is 3.49. The van der Waals surface area contributed by atoms with E-state index in [9.17, 15) is 8.42 Å². The van der Waals surface area contributed by atoms with Gasteiger partial charge in [0.2, 0.25) is 0 Å². The Bertz CT molecular complexity index is 1660. The third kappa shape index (κ3) is 3.16. The summed E-state index contributed by atoms with van der Waals surface area (Å²) < 4.78 is 40.0. The number of ether oxygens (including phenoxy) is 1. The van der Waals surface area contributed by atoms with Gasteiger partial charge in [-0.2, -0.15) is 0 Å². The number of hydrogen-bond acceptors (Lipinski definition) is 9. The Hall–Kier alpha value is -3.80. The first-order valence-electron chi connectivity index (χ1n) is 10.6. The van der Waals surface area contributed by atoms with Crippen molar-refractivity contribution in [1.29, 1.82) is 0 Å². The van der Waals surface area contributed by atoms with Crippen LogP contribution in [0.4, 0.5) is 0 Å². The molecule has 5 aromatic rings. The third-order valence-electron chi connectivity index (χ3n) is 5.74. The summed E-state index contributed by atoms with van der Waals surface area (Å²) in [6.07, 6.45) is 1.40. The topological polar surface area (TPSA) is 142 Å². The number of methoxy groups -OCH3 is 1. The number of rotatable bonds is 5. The molecule has 1 N–H and O–H groups in total. The zero-order valence-corrected chi connectivity index (χ0v) is 20.4. The first-order chi connectivity index (χ1) is 16.1. The number of hydrogen-bond donors (Lipinski definition) is 1. The first kappa shape index (κ1) is 22.0. The summed E-state index contributed by atoms with van der Waals surface area (Å²) in [6.45, 7) is 9.04. The Morgan fingerprint density at radius 2 is 1.91 bits per heavy atom. The van der Waals surface area contributed by atoms with Crippen molar-refractivity contribution in [3.8, 4) is 16.9 Å². The van der Waals surface area contributed by atoms with Crippen molar-refractivity contribution >= 4 is 31.8 Å². The van der Waals surface area contributed by atoms with E-state index in [1.54, 1.807) is 20.1 Å². The lowest BCUT2D eigenvalue weighted by Gasteiger charge is -2.11. The predicted molar refractivity (Wildman–Crippen MR) is 124 cm³/mol. The van der Waals surface area contributed by atoms with Crippen molar-refractivity contribution in [1.82, 2.24) is 34.9 Å². The second-order valence-electron chi connectivity index (χ2n) is 8.34. The summed E-state index contributed by atoms with van der Waals surface area (Å²) in [5.74, 6) is 1.50. The van der Waals surface area contributed by atoms with E-state index in [1.165, 1.54) is 10.9 Å². The van der Waals surface area contributed by atoms with E-state index >= 15 is 0 Å². The van der Waals surface area contributed by atoms with Crippen LogP contribution in [0.5, 0.6) is 5.75 Å². The maximum Gasteiger partial charge on any atom is 0.259 e. The van der Waals surface area contributed by atoms with Gasteiger partial charge in [0.05, 0.1) is 23.8 Å². The van der Waals surface area contributed by atoms with E-state index in [1.807, 2.05) is 33.8 Å². The highest BCUT2D eigenvalue weighted by molar-refractivity contribution is 7.91. The molecule has 0 saturated heterocycles. The normalized spacial score (nSPS) is 12.3. The summed E-state index contributed by atoms with van der Waals surface area (Å²) in [7, 11) is -2.56. The van der Waals surface area contributed by atoms with Gasteiger partial charge >= 0.3 is 0 Å². The monoisotopic (exact) mass is 481 g/mol. The minimum Gasteiger partial charge on any atom is -0.496 e. The van der Waals surface area contributed by atoms with Gasteiger partial charge in [-0.1, -0.05) is 5.16 Å². The number of H-pyrrole nitrogens is 1. The molecule has 0 saturated carbocycles. The van der Waals surface area contributed by atoms with Crippen molar-refractivity contribution in [2.45, 2.75) is 50.8 Å². The molecular formula is C22H23N7O4S. The minimum atomic E-state index is -4.12. The first-order valence-corrected chi connectivity index (χ1v) is 12.1. The molecule has 176 valence electrons. The zero-order valence-electron chi connectivity index (χ0n) is 19.5. The van der Waals surface area contributed by atoms with Gasteiger partial charge in [-0.25, -0.2) is 18.4 Å². The Morgan fingerprint density at radius 3 is 2.56 bits per heavy atom. The molecule has 0 radical (unpaired) electrons. The van der Waals surface area contributed by atoms with Gasteiger partial charge in [0, 0.05) is 22.5 Å². The lowest BCUT2D eigenvalue weighted by Crippen LogP contribution is -2.15. The smallest absolute Gasteiger partial charge is 0.259 e. The Balaban J connectivity index is 1.85. The van der Waals surface area contributed by atoms with Gasteiger partial charge in [0.1, 0.15) is 29.3 Å². The standard InChI is InChI=1S/C22H23N7O4S/c1-10(2)29-9-23-27-22(29)34(30,31)21-19-14-8-17(32-6)15(18-11(3)28-33-12(18)4)7-16(14)26-20(19)24-13(5)25-21/h7-10H,1-6H3,(H,24,25,26). The minimum absolute atomic E-state index is 0.136. The van der Waals surface area contributed by atoms with Crippen LogP contribution in [-0.2, 0) is 9.84 Å². The molecule has 0 aliphatic heterocycles. The van der Waals surface area contributed by atoms with Gasteiger partial charge in [0.25, 0.3) is 15.0 Å². The number of sulfone groups is 1. The van der Waals surface area contributed by atoms with Crippen LogP contribution in [0.1, 0.15) is 37.2 Å². The van der Waals surface area contributed by atoms with Crippen LogP contribution >= 0.6 is 0 Å². The van der Waals surface area contributed by atoms with E-state index in [0.717, 1.165) is 16.8 Å². The number of nitrogens with one attached hydrogen (secondary N) is 1. The fourth-order valence-electron chi connectivity index (χ4n) is 4.19. The van der Waals surface area contributed by atoms with E-state index in [0.29, 0.717) is 39.3 Å². The number of aromatic nitrogens is 7. The summed E-state index contributed by atoms with van der Waals surface area (Å²) in [5.41, 5.74) is 3.38. The second kappa shape index (κ2) is 7.62. The molecular weight excluding hydrogens is 458 g/mol. The molecule has 12 heteroatoms. The van der Waals surface area contributed by atoms with Gasteiger partial charge in [-0.05, 0) is 46.8 Å². The molecule has 0 atom stereocenters. The molecule has 11 nitrogen and oxygen atoms in total. The van der Waals surface area contributed by atoms with E-state index < -0.39 is 9.84 Å². The van der Waals surface area contributed by atoms with Crippen LogP contribution in [0.3, 0.4) is 0 Å². The predicted octanol–water partition coefficient (Wildman–Crippen LogP) is 3.71. The molecule has 1 aromatic carbocycles. The molecule has 0 fully saturated rings. The number of fused-ring (bicyclic) bond motifs is 3. The van der Waals surface area contributed by atoms with Crippen molar-refractivity contribution < 1.29 is 17.7 Å². The molecule has 34 heavy (non-hydrogen) atoms. The fourth-order valence-corrected chi connectivity index (χ4v) is 5.78. The highest BCUT2D eigenvalue weighted by Gasteiger charge is 2.31. The summed E-state index contributed by atoms with van der Waals surface area (Å²) in [4.78, 5) is 12.0. The summed E-state index contributed by atoms with van der Waals surface area (Å²) in [5, 5.41) is 12.4. The molecule has 0 amide bonds. The lowest BCUT2D eigenvalue weighted by atomic mass is 10.0. The summed E-state index contributed by atoms with van der Waals surface area (Å²) >= 11 is 0. The fraction of sp³-hybridized carbons (Fsp3) is 0.318. The van der Waals surface area contributed by atoms with Crippen LogP contribution in [0.15, 0.2) is 33.2 Å². The number of aryl methyl sites for hydroxylation is 3. The number of benzene rings is 1. The molecule has 0 unspecified atom stereocenters. The molecule has 0 spiro atoms. The van der Waals surface area contributed by atoms with Crippen LogP contribution < -0.4 is 4.74 Å². The van der Waals surface area contributed by atoms with Gasteiger partial charge in [0.15, 0.2) is 5.03 Å². The molecule has 5 rings (SSSR count). The molecule has 4 aromatic heterocycles. The van der Waals surface area contributed by atoms with E-state index in [4.69, 9.17) is 9.26 Å². The highest BCUT2D eigenvalue weighted by Crippen LogP contribution is 2.41. The van der Waals surface area contributed by atoms with Crippen molar-refractivity contribution in [3.63, 3.8) is 0 Å². The Kier molecular flexibility index (Phi) is 4.93. The van der Waals surface area contributed by atoms with Crippen molar-refractivity contribution in [2.24, 2.45) is 0 Å². The third-order valence-corrected chi connectivity index (χ3v) is 7.32. The van der Waals surface area contributed by atoms with E-state index in [2.05, 4.69) is 30.3 Å². The van der Waals surface area contributed by atoms with Crippen molar-refractivity contribution in [3.05, 3.63) is 35.7 Å². The Labute approximate surface area is 195 Å². The quantitative estimate of drug-likeness (QED) is 0.372. The van der Waals surface area contributed by atoms with Crippen LogP contribution in [0.25, 0.3) is 33.1 Å². The second-order valence-corrected chi connectivity index (χ2v) is 10.1. The van der Waals surface area contributed by atoms with Crippen molar-refractivity contribution in [2.75, 3.05) is 7.11 Å². The molecule has 0 aliphatic carbocycles. The number of nitrogens with zero attached hydrogens (tertiary/aromatic N) is 6. The van der Waals surface area contributed by atoms with Crippen LogP contribution in [0, 0.1) is 20.8 Å². The molecule has 0 bridgehead atoms. The van der Waals surface area contributed by atoms with Crippen LogP contribution in [-0.4, -0.2) is 50.4 Å². The Morgan fingerprint density at radius 1 is 1.15 bits per heavy atom. The van der Waals surface area contributed by atoms with Gasteiger partial charge in [-0.15, -0.1) is 10.2 Å². The van der Waals surface area contributed by atoms with Gasteiger partial charge < -0.3 is 18.8 Å². The summed E-state index contributed by atoms with van der Waals surface area (Å²) in [6, 6.07) is 3.50. The average molecular weight is 482 g/mol. The SMILES string of the molecule is COc1cc2c(cc1-c1c(C)noc1C)[nH]c1nc(C)nc(S(=O)(=O)c3nncn3C(C)C)c12. The maximum atomic E-state index is 13.7.